The first-order chi connectivity index (χ1) is 7.59. The van der Waals surface area contributed by atoms with Gasteiger partial charge in [-0.25, -0.2) is 9.18 Å². The lowest BCUT2D eigenvalue weighted by Gasteiger charge is -2.38. The number of aliphatic imine (C=N–C) groups is 1. The number of isocyanates is 1. The summed E-state index contributed by atoms with van der Waals surface area (Å²) in [4.78, 5) is 14.4. The summed E-state index contributed by atoms with van der Waals surface area (Å²) >= 11 is 3.16. The van der Waals surface area contributed by atoms with Gasteiger partial charge in [0.1, 0.15) is 5.82 Å². The maximum Gasteiger partial charge on any atom is 0.235 e. The number of hydrogen-bond acceptors (Lipinski definition) is 2. The van der Waals surface area contributed by atoms with Crippen molar-refractivity contribution in [2.75, 3.05) is 0 Å². The minimum atomic E-state index is -0.456. The number of nitrogens with zero attached hydrogens (tertiary/aromatic N) is 1. The van der Waals surface area contributed by atoms with E-state index in [1.165, 1.54) is 6.07 Å². The van der Waals surface area contributed by atoms with Crippen LogP contribution in [0.4, 0.5) is 4.39 Å². The summed E-state index contributed by atoms with van der Waals surface area (Å²) in [5.41, 5.74) is 1.30. The quantitative estimate of drug-likeness (QED) is 0.602. The molecule has 1 aliphatic rings. The average molecular weight is 284 g/mol. The van der Waals surface area contributed by atoms with Crippen LogP contribution in [0.25, 0.3) is 0 Å². The van der Waals surface area contributed by atoms with Gasteiger partial charge < -0.3 is 0 Å². The number of carbonyl (C=O) groups excluding carboxylic acids is 1. The van der Waals surface area contributed by atoms with Gasteiger partial charge in [-0.05, 0) is 65.4 Å². The first-order valence-corrected chi connectivity index (χ1v) is 5.93. The maximum atomic E-state index is 13.3. The van der Waals surface area contributed by atoms with Gasteiger partial charge in [-0.3, -0.25) is 0 Å². The highest BCUT2D eigenvalue weighted by molar-refractivity contribution is 9.10. The first-order valence-electron chi connectivity index (χ1n) is 5.14. The molecule has 1 saturated carbocycles. The molecule has 0 atom stereocenters. The van der Waals surface area contributed by atoms with Crippen LogP contribution in [0.3, 0.4) is 0 Å². The normalized spacial score (nSPS) is 17.4. The van der Waals surface area contributed by atoms with E-state index in [1.54, 1.807) is 12.1 Å². The van der Waals surface area contributed by atoms with Crippen LogP contribution in [0.5, 0.6) is 0 Å². The average Bonchev–Trinajstić information content (AvgIpc) is 2.18. The number of hydrogen-bond donors (Lipinski definition) is 0. The molecule has 0 saturated heterocycles. The molecule has 2 nitrogen and oxygen atoms in total. The summed E-state index contributed by atoms with van der Waals surface area (Å²) in [5, 5.41) is 0. The highest BCUT2D eigenvalue weighted by atomic mass is 79.9. The summed E-state index contributed by atoms with van der Waals surface area (Å²) in [6, 6.07) is 3.20. The minimum Gasteiger partial charge on any atom is -0.211 e. The van der Waals surface area contributed by atoms with Gasteiger partial charge in [0.25, 0.3) is 0 Å². The van der Waals surface area contributed by atoms with Crippen molar-refractivity contribution in [1.29, 1.82) is 0 Å². The van der Waals surface area contributed by atoms with Crippen LogP contribution < -0.4 is 0 Å². The highest BCUT2D eigenvalue weighted by Crippen LogP contribution is 2.46. The summed E-state index contributed by atoms with van der Waals surface area (Å²) in [7, 11) is 0. The second-order valence-corrected chi connectivity index (χ2v) is 5.02. The van der Waals surface area contributed by atoms with Gasteiger partial charge in [-0.1, -0.05) is 0 Å². The third kappa shape index (κ3) is 1.72. The molecule has 1 fully saturated rings. The van der Waals surface area contributed by atoms with E-state index in [4.69, 9.17) is 0 Å². The molecule has 0 heterocycles. The zero-order chi connectivity index (χ0) is 11.8. The van der Waals surface area contributed by atoms with E-state index in [2.05, 4.69) is 20.9 Å². The SMILES string of the molecule is Cc1cc(F)c(Br)cc1C1(N=C=O)CCC1. The van der Waals surface area contributed by atoms with Gasteiger partial charge >= 0.3 is 0 Å². The van der Waals surface area contributed by atoms with E-state index in [-0.39, 0.29) is 5.82 Å². The Labute approximate surface area is 102 Å². The van der Waals surface area contributed by atoms with E-state index >= 15 is 0 Å². The number of halogens is 2. The summed E-state index contributed by atoms with van der Waals surface area (Å²) in [5.74, 6) is -0.286. The molecular formula is C12H11BrFNO. The van der Waals surface area contributed by atoms with E-state index in [0.29, 0.717) is 4.47 Å². The molecule has 0 aromatic heterocycles. The fraction of sp³-hybridized carbons (Fsp3) is 0.417. The zero-order valence-corrected chi connectivity index (χ0v) is 10.5. The van der Waals surface area contributed by atoms with Crippen LogP contribution in [0.2, 0.25) is 0 Å². The Morgan fingerprint density at radius 2 is 2.19 bits per heavy atom. The number of benzene rings is 1. The lowest BCUT2D eigenvalue weighted by atomic mass is 9.71. The zero-order valence-electron chi connectivity index (χ0n) is 8.89. The van der Waals surface area contributed by atoms with E-state index < -0.39 is 5.54 Å². The Morgan fingerprint density at radius 1 is 1.50 bits per heavy atom. The summed E-state index contributed by atoms with van der Waals surface area (Å²) in [6.45, 7) is 1.84. The van der Waals surface area contributed by atoms with Crippen molar-refractivity contribution in [3.05, 3.63) is 33.5 Å². The fourth-order valence-electron chi connectivity index (χ4n) is 2.19. The molecule has 0 radical (unpaired) electrons. The number of rotatable bonds is 2. The third-order valence-electron chi connectivity index (χ3n) is 3.21. The second kappa shape index (κ2) is 4.11. The first kappa shape index (κ1) is 11.5. The molecule has 1 aliphatic carbocycles. The standard InChI is InChI=1S/C12H11BrFNO/c1-8-5-11(14)10(13)6-9(8)12(15-7-16)3-2-4-12/h5-6H,2-4H2,1H3. The van der Waals surface area contributed by atoms with Crippen LogP contribution in [0.15, 0.2) is 21.6 Å². The van der Waals surface area contributed by atoms with Crippen molar-refractivity contribution in [2.45, 2.75) is 31.7 Å². The van der Waals surface area contributed by atoms with Crippen LogP contribution in [0, 0.1) is 12.7 Å². The third-order valence-corrected chi connectivity index (χ3v) is 3.82. The maximum absolute atomic E-state index is 13.3. The van der Waals surface area contributed by atoms with Crippen LogP contribution in [0.1, 0.15) is 30.4 Å². The smallest absolute Gasteiger partial charge is 0.211 e. The Morgan fingerprint density at radius 3 is 2.69 bits per heavy atom. The van der Waals surface area contributed by atoms with Gasteiger partial charge in [0, 0.05) is 0 Å². The van der Waals surface area contributed by atoms with Gasteiger partial charge in [-0.2, -0.15) is 4.99 Å². The Bertz CT molecular complexity index is 476. The van der Waals surface area contributed by atoms with Crippen molar-refractivity contribution in [3.63, 3.8) is 0 Å². The lowest BCUT2D eigenvalue weighted by molar-refractivity contribution is 0.254. The monoisotopic (exact) mass is 283 g/mol. The van der Waals surface area contributed by atoms with Crippen LogP contribution in [-0.2, 0) is 10.3 Å². The topological polar surface area (TPSA) is 29.4 Å². The molecule has 2 rings (SSSR count). The van der Waals surface area contributed by atoms with E-state index in [1.807, 2.05) is 6.92 Å². The Kier molecular flexibility index (Phi) is 2.96. The molecule has 4 heteroatoms. The molecule has 0 bridgehead atoms. The van der Waals surface area contributed by atoms with Gasteiger partial charge in [-0.15, -0.1) is 0 Å². The molecular weight excluding hydrogens is 273 g/mol. The predicted octanol–water partition coefficient (Wildman–Crippen LogP) is 3.61. The minimum absolute atomic E-state index is 0.286. The molecule has 16 heavy (non-hydrogen) atoms. The number of aryl methyl sites for hydroxylation is 1. The van der Waals surface area contributed by atoms with Crippen molar-refractivity contribution >= 4 is 22.0 Å². The van der Waals surface area contributed by atoms with Crippen molar-refractivity contribution in [2.24, 2.45) is 4.99 Å². The second-order valence-electron chi connectivity index (χ2n) is 4.17. The van der Waals surface area contributed by atoms with Crippen molar-refractivity contribution in [3.8, 4) is 0 Å². The molecule has 84 valence electrons. The summed E-state index contributed by atoms with van der Waals surface area (Å²) < 4.78 is 13.7. The molecule has 0 N–H and O–H groups in total. The highest BCUT2D eigenvalue weighted by Gasteiger charge is 2.40. The van der Waals surface area contributed by atoms with Crippen molar-refractivity contribution < 1.29 is 9.18 Å². The molecule has 0 unspecified atom stereocenters. The van der Waals surface area contributed by atoms with Crippen molar-refractivity contribution in [1.82, 2.24) is 0 Å². The Balaban J connectivity index is 2.54. The van der Waals surface area contributed by atoms with Gasteiger partial charge in [0.15, 0.2) is 0 Å². The predicted molar refractivity (Wildman–Crippen MR) is 62.5 cm³/mol. The largest absolute Gasteiger partial charge is 0.235 e. The van der Waals surface area contributed by atoms with Crippen LogP contribution in [-0.4, -0.2) is 6.08 Å². The molecule has 1 aromatic carbocycles. The van der Waals surface area contributed by atoms with Gasteiger partial charge in [0.05, 0.1) is 10.0 Å². The Hall–Kier alpha value is -0.990. The lowest BCUT2D eigenvalue weighted by Crippen LogP contribution is -2.32. The van der Waals surface area contributed by atoms with Gasteiger partial charge in [0.2, 0.25) is 6.08 Å². The molecule has 0 spiro atoms. The molecule has 1 aromatic rings. The summed E-state index contributed by atoms with van der Waals surface area (Å²) in [6.07, 6.45) is 4.35. The van der Waals surface area contributed by atoms with Crippen LogP contribution >= 0.6 is 15.9 Å². The molecule has 0 aliphatic heterocycles. The van der Waals surface area contributed by atoms with E-state index in [9.17, 15) is 9.18 Å². The van der Waals surface area contributed by atoms with E-state index in [0.717, 1.165) is 30.4 Å². The molecule has 0 amide bonds. The fourth-order valence-corrected chi connectivity index (χ4v) is 2.53.